The molecule has 0 saturated heterocycles. The van der Waals surface area contributed by atoms with Gasteiger partial charge in [0.2, 0.25) is 0 Å². The Morgan fingerprint density at radius 3 is 2.67 bits per heavy atom. The van der Waals surface area contributed by atoms with Gasteiger partial charge in [0.25, 0.3) is 0 Å². The van der Waals surface area contributed by atoms with Crippen molar-refractivity contribution >= 4 is 21.8 Å². The smallest absolute Gasteiger partial charge is 0.144 e. The minimum Gasteiger partial charge on any atom is -0.497 e. The third-order valence-corrected chi connectivity index (χ3v) is 4.01. The van der Waals surface area contributed by atoms with E-state index in [1.807, 2.05) is 32.0 Å². The van der Waals surface area contributed by atoms with E-state index in [9.17, 15) is 0 Å². The fourth-order valence-electron chi connectivity index (χ4n) is 1.84. The molecule has 1 aromatic carbocycles. The lowest BCUT2D eigenvalue weighted by molar-refractivity contribution is 0.287. The highest BCUT2D eigenvalue weighted by Gasteiger charge is 2.22. The Morgan fingerprint density at radius 2 is 2.10 bits per heavy atom. The van der Waals surface area contributed by atoms with Gasteiger partial charge in [-0.05, 0) is 53.4 Å². The van der Waals surface area contributed by atoms with Crippen LogP contribution in [0.3, 0.4) is 0 Å². The Morgan fingerprint density at radius 1 is 1.38 bits per heavy atom. The third-order valence-electron chi connectivity index (χ3n) is 3.39. The Labute approximate surface area is 134 Å². The van der Waals surface area contributed by atoms with Crippen LogP contribution in [0.5, 0.6) is 11.5 Å². The molecule has 0 unspecified atom stereocenters. The second kappa shape index (κ2) is 8.12. The van der Waals surface area contributed by atoms with Crippen LogP contribution in [0, 0.1) is 5.41 Å². The summed E-state index contributed by atoms with van der Waals surface area (Å²) in [6, 6.07) is 5.61. The van der Waals surface area contributed by atoms with Gasteiger partial charge in [-0.1, -0.05) is 19.0 Å². The maximum absolute atomic E-state index is 8.72. The van der Waals surface area contributed by atoms with Crippen molar-refractivity contribution in [2.24, 2.45) is 16.3 Å². The number of halogens is 1. The number of methoxy groups -OCH3 is 1. The van der Waals surface area contributed by atoms with Crippen molar-refractivity contribution in [1.29, 1.82) is 0 Å². The van der Waals surface area contributed by atoms with Gasteiger partial charge in [0.15, 0.2) is 0 Å². The number of amidine groups is 1. The summed E-state index contributed by atoms with van der Waals surface area (Å²) in [5.74, 6) is 1.85. The standard InChI is InChI=1S/C15H23BrN2O3/c1-15(2,14(17)18-19)8-4-5-9-21-13-7-6-11(20-3)10-12(13)16/h6-7,10,19H,4-5,8-9H2,1-3H3,(H2,17,18). The van der Waals surface area contributed by atoms with Crippen LogP contribution in [-0.2, 0) is 0 Å². The van der Waals surface area contributed by atoms with Gasteiger partial charge in [-0.15, -0.1) is 0 Å². The van der Waals surface area contributed by atoms with E-state index >= 15 is 0 Å². The van der Waals surface area contributed by atoms with Crippen LogP contribution in [-0.4, -0.2) is 24.8 Å². The first kappa shape index (κ1) is 17.6. The zero-order valence-electron chi connectivity index (χ0n) is 12.7. The summed E-state index contributed by atoms with van der Waals surface area (Å²) in [7, 11) is 1.63. The van der Waals surface area contributed by atoms with E-state index in [2.05, 4.69) is 21.1 Å². The maximum atomic E-state index is 8.72. The highest BCUT2D eigenvalue weighted by atomic mass is 79.9. The Bertz CT molecular complexity index is 490. The molecular weight excluding hydrogens is 336 g/mol. The van der Waals surface area contributed by atoms with Crippen LogP contribution < -0.4 is 15.2 Å². The summed E-state index contributed by atoms with van der Waals surface area (Å²) in [4.78, 5) is 0. The van der Waals surface area contributed by atoms with Crippen LogP contribution in [0.25, 0.3) is 0 Å². The third kappa shape index (κ3) is 5.46. The van der Waals surface area contributed by atoms with Gasteiger partial charge in [0.1, 0.15) is 17.3 Å². The van der Waals surface area contributed by atoms with Gasteiger partial charge >= 0.3 is 0 Å². The molecule has 0 bridgehead atoms. The summed E-state index contributed by atoms with van der Waals surface area (Å²) in [6.45, 7) is 4.54. The first-order valence-electron chi connectivity index (χ1n) is 6.85. The van der Waals surface area contributed by atoms with Crippen molar-refractivity contribution in [1.82, 2.24) is 0 Å². The summed E-state index contributed by atoms with van der Waals surface area (Å²) in [6.07, 6.45) is 2.69. The predicted molar refractivity (Wildman–Crippen MR) is 87.2 cm³/mol. The van der Waals surface area contributed by atoms with E-state index < -0.39 is 0 Å². The molecule has 0 aliphatic heterocycles. The number of unbranched alkanes of at least 4 members (excludes halogenated alkanes) is 1. The van der Waals surface area contributed by atoms with Crippen LogP contribution in [0.4, 0.5) is 0 Å². The zero-order chi connectivity index (χ0) is 15.9. The van der Waals surface area contributed by atoms with Crippen molar-refractivity contribution in [3.8, 4) is 11.5 Å². The quantitative estimate of drug-likeness (QED) is 0.243. The Kier molecular flexibility index (Phi) is 6.81. The number of rotatable bonds is 8. The molecule has 0 saturated carbocycles. The van der Waals surface area contributed by atoms with Gasteiger partial charge in [-0.3, -0.25) is 0 Å². The van der Waals surface area contributed by atoms with E-state index in [-0.39, 0.29) is 11.3 Å². The molecule has 3 N–H and O–H groups in total. The van der Waals surface area contributed by atoms with E-state index in [4.69, 9.17) is 20.4 Å². The molecule has 0 amide bonds. The summed E-state index contributed by atoms with van der Waals surface area (Å²) < 4.78 is 11.7. The van der Waals surface area contributed by atoms with Crippen molar-refractivity contribution in [3.05, 3.63) is 22.7 Å². The van der Waals surface area contributed by atoms with E-state index in [0.29, 0.717) is 6.61 Å². The first-order chi connectivity index (χ1) is 9.90. The first-order valence-corrected chi connectivity index (χ1v) is 7.64. The monoisotopic (exact) mass is 358 g/mol. The minimum atomic E-state index is -0.296. The average Bonchev–Trinajstić information content (AvgIpc) is 2.47. The van der Waals surface area contributed by atoms with Crippen LogP contribution >= 0.6 is 15.9 Å². The molecule has 6 heteroatoms. The molecule has 0 fully saturated rings. The minimum absolute atomic E-state index is 0.265. The molecule has 1 aromatic rings. The molecular formula is C15H23BrN2O3. The van der Waals surface area contributed by atoms with Crippen molar-refractivity contribution in [2.45, 2.75) is 33.1 Å². The van der Waals surface area contributed by atoms with Gasteiger partial charge in [0, 0.05) is 5.41 Å². The molecule has 21 heavy (non-hydrogen) atoms. The van der Waals surface area contributed by atoms with Crippen molar-refractivity contribution in [2.75, 3.05) is 13.7 Å². The predicted octanol–water partition coefficient (Wildman–Crippen LogP) is 3.78. The highest BCUT2D eigenvalue weighted by molar-refractivity contribution is 9.10. The van der Waals surface area contributed by atoms with E-state index in [1.54, 1.807) is 7.11 Å². The Hall–Kier alpha value is -1.43. The SMILES string of the molecule is COc1ccc(OCCCCC(C)(C)/C(N)=N/O)c(Br)c1. The van der Waals surface area contributed by atoms with Crippen LogP contribution in [0.1, 0.15) is 33.1 Å². The summed E-state index contributed by atoms with van der Waals surface area (Å²) in [5.41, 5.74) is 5.36. The lowest BCUT2D eigenvalue weighted by Gasteiger charge is -2.22. The number of benzene rings is 1. The maximum Gasteiger partial charge on any atom is 0.144 e. The molecule has 0 atom stereocenters. The number of oxime groups is 1. The molecule has 0 aliphatic carbocycles. The lowest BCUT2D eigenvalue weighted by Crippen LogP contribution is -2.31. The number of nitrogens with two attached hydrogens (primary N) is 1. The lowest BCUT2D eigenvalue weighted by atomic mass is 9.86. The summed E-state index contributed by atoms with van der Waals surface area (Å²) in [5, 5.41) is 11.8. The molecule has 118 valence electrons. The van der Waals surface area contributed by atoms with Gasteiger partial charge < -0.3 is 20.4 Å². The topological polar surface area (TPSA) is 77.1 Å². The molecule has 5 nitrogen and oxygen atoms in total. The van der Waals surface area contributed by atoms with E-state index in [0.717, 1.165) is 35.2 Å². The zero-order valence-corrected chi connectivity index (χ0v) is 14.3. The van der Waals surface area contributed by atoms with Crippen LogP contribution in [0.15, 0.2) is 27.8 Å². The fraction of sp³-hybridized carbons (Fsp3) is 0.533. The fourth-order valence-corrected chi connectivity index (χ4v) is 2.31. The Balaban J connectivity index is 2.35. The van der Waals surface area contributed by atoms with Gasteiger partial charge in [-0.25, -0.2) is 0 Å². The largest absolute Gasteiger partial charge is 0.497 e. The molecule has 1 rings (SSSR count). The van der Waals surface area contributed by atoms with E-state index in [1.165, 1.54) is 0 Å². The van der Waals surface area contributed by atoms with Crippen molar-refractivity contribution < 1.29 is 14.7 Å². The summed E-state index contributed by atoms with van der Waals surface area (Å²) >= 11 is 3.45. The van der Waals surface area contributed by atoms with Crippen molar-refractivity contribution in [3.63, 3.8) is 0 Å². The number of hydrogen-bond donors (Lipinski definition) is 2. The van der Waals surface area contributed by atoms with Gasteiger partial charge in [0.05, 0.1) is 18.2 Å². The highest BCUT2D eigenvalue weighted by Crippen LogP contribution is 2.29. The van der Waals surface area contributed by atoms with Crippen LogP contribution in [0.2, 0.25) is 0 Å². The number of hydrogen-bond acceptors (Lipinski definition) is 4. The normalized spacial score (nSPS) is 12.3. The molecule has 0 spiro atoms. The molecule has 0 heterocycles. The number of nitrogens with zero attached hydrogens (tertiary/aromatic N) is 1. The molecule has 0 radical (unpaired) electrons. The second-order valence-corrected chi connectivity index (χ2v) is 6.33. The average molecular weight is 359 g/mol. The molecule has 0 aromatic heterocycles. The number of ether oxygens (including phenoxy) is 2. The second-order valence-electron chi connectivity index (χ2n) is 5.47. The van der Waals surface area contributed by atoms with Gasteiger partial charge in [-0.2, -0.15) is 0 Å². The molecule has 0 aliphatic rings.